The van der Waals surface area contributed by atoms with Gasteiger partial charge >= 0.3 is 0 Å². The monoisotopic (exact) mass is 359 g/mol. The predicted molar refractivity (Wildman–Crippen MR) is 111 cm³/mol. The molecule has 0 atom stereocenters. The average Bonchev–Trinajstić information content (AvgIpc) is 2.69. The quantitative estimate of drug-likeness (QED) is 0.591. The highest BCUT2D eigenvalue weighted by atomic mass is 15.1. The standard InChI is InChI=1S/C24H29N3/c1-17(2)18-9-11-19(12-10-18)23(3,4)21-14-13-20(16-25-21)24(5,6)22-8-7-15-26-27-22/h7-17H,1-6H3. The Morgan fingerprint density at radius 2 is 1.37 bits per heavy atom. The van der Waals surface area contributed by atoms with E-state index in [1.54, 1.807) is 6.20 Å². The first-order chi connectivity index (χ1) is 12.7. The molecular weight excluding hydrogens is 330 g/mol. The van der Waals surface area contributed by atoms with Crippen LogP contribution >= 0.6 is 0 Å². The minimum absolute atomic E-state index is 0.148. The van der Waals surface area contributed by atoms with E-state index in [1.807, 2.05) is 18.3 Å². The minimum atomic E-state index is -0.233. The molecule has 0 unspecified atom stereocenters. The number of aromatic nitrogens is 3. The molecule has 3 rings (SSSR count). The molecule has 2 heterocycles. The van der Waals surface area contributed by atoms with Crippen molar-refractivity contribution >= 4 is 0 Å². The average molecular weight is 360 g/mol. The van der Waals surface area contributed by atoms with E-state index >= 15 is 0 Å². The Labute approximate surface area is 162 Å². The van der Waals surface area contributed by atoms with E-state index in [4.69, 9.17) is 4.98 Å². The molecule has 0 spiro atoms. The molecule has 27 heavy (non-hydrogen) atoms. The first kappa shape index (κ1) is 19.2. The molecule has 140 valence electrons. The maximum absolute atomic E-state index is 4.83. The van der Waals surface area contributed by atoms with Crippen LogP contribution in [0.2, 0.25) is 0 Å². The lowest BCUT2D eigenvalue weighted by Crippen LogP contribution is -2.24. The van der Waals surface area contributed by atoms with E-state index in [1.165, 1.54) is 11.1 Å². The van der Waals surface area contributed by atoms with E-state index in [-0.39, 0.29) is 10.8 Å². The third-order valence-corrected chi connectivity index (χ3v) is 5.64. The van der Waals surface area contributed by atoms with Gasteiger partial charge in [-0.05, 0) is 40.8 Å². The van der Waals surface area contributed by atoms with Crippen LogP contribution in [0.15, 0.2) is 60.9 Å². The van der Waals surface area contributed by atoms with Crippen molar-refractivity contribution in [2.75, 3.05) is 0 Å². The molecule has 0 aliphatic heterocycles. The summed E-state index contributed by atoms with van der Waals surface area (Å²) in [7, 11) is 0. The van der Waals surface area contributed by atoms with Crippen molar-refractivity contribution in [2.24, 2.45) is 0 Å². The van der Waals surface area contributed by atoms with Crippen molar-refractivity contribution < 1.29 is 0 Å². The first-order valence-electron chi connectivity index (χ1n) is 9.58. The Hall–Kier alpha value is -2.55. The minimum Gasteiger partial charge on any atom is -0.260 e. The lowest BCUT2D eigenvalue weighted by Gasteiger charge is -2.28. The van der Waals surface area contributed by atoms with Crippen molar-refractivity contribution in [1.82, 2.24) is 15.2 Å². The zero-order valence-corrected chi connectivity index (χ0v) is 17.2. The molecular formula is C24H29N3. The lowest BCUT2D eigenvalue weighted by molar-refractivity contribution is 0.587. The molecule has 0 fully saturated rings. The topological polar surface area (TPSA) is 38.7 Å². The Bertz CT molecular complexity index is 877. The van der Waals surface area contributed by atoms with Gasteiger partial charge in [-0.2, -0.15) is 10.2 Å². The van der Waals surface area contributed by atoms with Gasteiger partial charge in [0.2, 0.25) is 0 Å². The first-order valence-corrected chi connectivity index (χ1v) is 9.58. The van der Waals surface area contributed by atoms with Crippen LogP contribution in [0, 0.1) is 0 Å². The van der Waals surface area contributed by atoms with Crippen LogP contribution in [0.3, 0.4) is 0 Å². The highest BCUT2D eigenvalue weighted by molar-refractivity contribution is 5.39. The Morgan fingerprint density at radius 1 is 0.741 bits per heavy atom. The summed E-state index contributed by atoms with van der Waals surface area (Å²) in [4.78, 5) is 4.83. The van der Waals surface area contributed by atoms with Gasteiger partial charge in [0.05, 0.1) is 11.4 Å². The zero-order valence-electron chi connectivity index (χ0n) is 17.2. The summed E-state index contributed by atoms with van der Waals surface area (Å²) < 4.78 is 0. The third kappa shape index (κ3) is 3.78. The highest BCUT2D eigenvalue weighted by Gasteiger charge is 2.28. The summed E-state index contributed by atoms with van der Waals surface area (Å²) in [5.41, 5.74) is 5.41. The lowest BCUT2D eigenvalue weighted by atomic mass is 9.78. The molecule has 0 amide bonds. The SMILES string of the molecule is CC(C)c1ccc(C(C)(C)c2ccc(C(C)(C)c3cccnn3)cn2)cc1. The summed E-state index contributed by atoms with van der Waals surface area (Å²) in [6.45, 7) is 13.2. The van der Waals surface area contributed by atoms with Crippen LogP contribution in [0.25, 0.3) is 0 Å². The Kier molecular flexibility index (Phi) is 5.14. The van der Waals surface area contributed by atoms with Gasteiger partial charge < -0.3 is 0 Å². The number of hydrogen-bond acceptors (Lipinski definition) is 3. The van der Waals surface area contributed by atoms with E-state index in [9.17, 15) is 0 Å². The van der Waals surface area contributed by atoms with E-state index in [0.717, 1.165) is 17.0 Å². The fourth-order valence-corrected chi connectivity index (χ4v) is 3.35. The number of benzene rings is 1. The number of rotatable bonds is 5. The molecule has 0 aliphatic rings. The van der Waals surface area contributed by atoms with Gasteiger partial charge in [-0.3, -0.25) is 4.98 Å². The highest BCUT2D eigenvalue weighted by Crippen LogP contribution is 2.34. The van der Waals surface area contributed by atoms with Crippen LogP contribution < -0.4 is 0 Å². The zero-order chi connectivity index (χ0) is 19.7. The van der Waals surface area contributed by atoms with E-state index in [0.29, 0.717) is 5.92 Å². The normalized spacial score (nSPS) is 12.4. The second-order valence-electron chi connectivity index (χ2n) is 8.57. The molecule has 0 saturated heterocycles. The fourth-order valence-electron chi connectivity index (χ4n) is 3.35. The van der Waals surface area contributed by atoms with E-state index in [2.05, 4.69) is 88.1 Å². The van der Waals surface area contributed by atoms with Crippen molar-refractivity contribution in [2.45, 2.75) is 58.3 Å². The molecule has 2 aromatic heterocycles. The molecule has 0 radical (unpaired) electrons. The predicted octanol–water partition coefficient (Wildman–Crippen LogP) is 5.65. The molecule has 3 aromatic rings. The van der Waals surface area contributed by atoms with Gasteiger partial charge in [-0.25, -0.2) is 0 Å². The molecule has 3 nitrogen and oxygen atoms in total. The van der Waals surface area contributed by atoms with Gasteiger partial charge in [0.1, 0.15) is 0 Å². The van der Waals surface area contributed by atoms with Gasteiger partial charge in [-0.15, -0.1) is 0 Å². The van der Waals surface area contributed by atoms with Gasteiger partial charge in [0.15, 0.2) is 0 Å². The van der Waals surface area contributed by atoms with Crippen LogP contribution in [0.1, 0.15) is 75.5 Å². The largest absolute Gasteiger partial charge is 0.260 e. The van der Waals surface area contributed by atoms with Crippen molar-refractivity contribution in [3.05, 3.63) is 89.0 Å². The van der Waals surface area contributed by atoms with Crippen LogP contribution in [0.5, 0.6) is 0 Å². The van der Waals surface area contributed by atoms with Gasteiger partial charge in [0.25, 0.3) is 0 Å². The summed E-state index contributed by atoms with van der Waals surface area (Å²) in [5, 5.41) is 8.31. The Balaban J connectivity index is 1.90. The maximum atomic E-state index is 4.83. The number of nitrogens with zero attached hydrogens (tertiary/aromatic N) is 3. The summed E-state index contributed by atoms with van der Waals surface area (Å²) >= 11 is 0. The molecule has 0 N–H and O–H groups in total. The van der Waals surface area contributed by atoms with Crippen LogP contribution in [0.4, 0.5) is 0 Å². The van der Waals surface area contributed by atoms with Crippen molar-refractivity contribution in [3.8, 4) is 0 Å². The van der Waals surface area contributed by atoms with Gasteiger partial charge in [0, 0.05) is 23.2 Å². The van der Waals surface area contributed by atoms with Crippen molar-refractivity contribution in [3.63, 3.8) is 0 Å². The van der Waals surface area contributed by atoms with Crippen molar-refractivity contribution in [1.29, 1.82) is 0 Å². The summed E-state index contributed by atoms with van der Waals surface area (Å²) in [5.74, 6) is 0.544. The number of hydrogen-bond donors (Lipinski definition) is 0. The summed E-state index contributed by atoms with van der Waals surface area (Å²) in [6, 6.07) is 17.2. The number of pyridine rings is 1. The fraction of sp³-hybridized carbons (Fsp3) is 0.375. The smallest absolute Gasteiger partial charge is 0.0731 e. The van der Waals surface area contributed by atoms with Crippen LogP contribution in [-0.2, 0) is 10.8 Å². The van der Waals surface area contributed by atoms with Gasteiger partial charge in [-0.1, -0.05) is 71.9 Å². The second-order valence-corrected chi connectivity index (χ2v) is 8.57. The van der Waals surface area contributed by atoms with Crippen LogP contribution in [-0.4, -0.2) is 15.2 Å². The molecule has 0 bridgehead atoms. The second kappa shape index (κ2) is 7.22. The third-order valence-electron chi connectivity index (χ3n) is 5.64. The molecule has 3 heteroatoms. The van der Waals surface area contributed by atoms with E-state index < -0.39 is 0 Å². The summed E-state index contributed by atoms with van der Waals surface area (Å²) in [6.07, 6.45) is 3.68. The molecule has 0 aliphatic carbocycles. The Morgan fingerprint density at radius 3 is 1.89 bits per heavy atom. The maximum Gasteiger partial charge on any atom is 0.0731 e. The molecule has 1 aromatic carbocycles. The molecule has 0 saturated carbocycles.